The zero-order valence-corrected chi connectivity index (χ0v) is 17.6. The Morgan fingerprint density at radius 3 is 2.72 bits per heavy atom. The van der Waals surface area contributed by atoms with Gasteiger partial charge in [-0.2, -0.15) is 0 Å². The number of aryl methyl sites for hydroxylation is 2. The number of fused-ring (bicyclic) bond motifs is 3. The van der Waals surface area contributed by atoms with Crippen LogP contribution in [0.15, 0.2) is 18.2 Å². The minimum atomic E-state index is 0.0307. The fourth-order valence-corrected chi connectivity index (χ4v) is 4.66. The van der Waals surface area contributed by atoms with E-state index in [4.69, 9.17) is 15.7 Å². The molecule has 5 nitrogen and oxygen atoms in total. The van der Waals surface area contributed by atoms with E-state index in [0.717, 1.165) is 47.6 Å². The molecule has 2 aromatic rings. The highest BCUT2D eigenvalue weighted by Crippen LogP contribution is 2.35. The van der Waals surface area contributed by atoms with Gasteiger partial charge in [0, 0.05) is 17.7 Å². The van der Waals surface area contributed by atoms with Crippen molar-refractivity contribution in [3.05, 3.63) is 35.2 Å². The molecule has 154 valence electrons. The van der Waals surface area contributed by atoms with Crippen LogP contribution in [0.4, 0.5) is 11.5 Å². The molecule has 1 saturated carbocycles. The molecule has 1 aromatic carbocycles. The molecule has 0 atom stereocenters. The average Bonchev–Trinajstić information content (AvgIpc) is 2.68. The highest BCUT2D eigenvalue weighted by molar-refractivity contribution is 5.90. The van der Waals surface area contributed by atoms with Crippen molar-refractivity contribution in [2.45, 2.75) is 71.6 Å². The lowest BCUT2D eigenvalue weighted by Gasteiger charge is -2.25. The van der Waals surface area contributed by atoms with Gasteiger partial charge < -0.3 is 11.1 Å². The van der Waals surface area contributed by atoms with E-state index < -0.39 is 0 Å². The summed E-state index contributed by atoms with van der Waals surface area (Å²) in [6.45, 7) is 4.12. The summed E-state index contributed by atoms with van der Waals surface area (Å²) in [6.07, 6.45) is 9.53. The number of amides is 1. The molecule has 0 bridgehead atoms. The summed E-state index contributed by atoms with van der Waals surface area (Å²) < 4.78 is 0. The van der Waals surface area contributed by atoms with Crippen molar-refractivity contribution in [3.63, 3.8) is 0 Å². The summed E-state index contributed by atoms with van der Waals surface area (Å²) in [6, 6.07) is 6.06. The second-order valence-electron chi connectivity index (χ2n) is 9.09. The number of nitrogen functional groups attached to an aromatic ring is 1. The molecule has 0 aliphatic heterocycles. The molecule has 1 fully saturated rings. The highest BCUT2D eigenvalue weighted by atomic mass is 16.1. The first-order valence-electron chi connectivity index (χ1n) is 11.1. The number of rotatable bonds is 5. The third kappa shape index (κ3) is 4.60. The average molecular weight is 393 g/mol. The lowest BCUT2D eigenvalue weighted by molar-refractivity contribution is -0.116. The Labute approximate surface area is 173 Å². The number of carbonyl (C=O) groups excluding carboxylic acids is 1. The lowest BCUT2D eigenvalue weighted by atomic mass is 9.85. The minimum absolute atomic E-state index is 0.0307. The fourth-order valence-electron chi connectivity index (χ4n) is 4.66. The maximum Gasteiger partial charge on any atom is 0.225 e. The summed E-state index contributed by atoms with van der Waals surface area (Å²) in [4.78, 5) is 22.5. The molecule has 5 heteroatoms. The fraction of sp³-hybridized carbons (Fsp3) is 0.542. The maximum atomic E-state index is 12.5. The van der Waals surface area contributed by atoms with Crippen LogP contribution in [0.3, 0.4) is 0 Å². The molecule has 0 saturated heterocycles. The summed E-state index contributed by atoms with van der Waals surface area (Å²) in [5.41, 5.74) is 12.1. The molecule has 4 rings (SSSR count). The number of nitrogens with zero attached hydrogens (tertiary/aromatic N) is 2. The van der Waals surface area contributed by atoms with Crippen LogP contribution in [0, 0.1) is 11.8 Å². The van der Waals surface area contributed by atoms with Crippen LogP contribution in [0.25, 0.3) is 11.3 Å². The van der Waals surface area contributed by atoms with Crippen LogP contribution < -0.4 is 11.1 Å². The largest absolute Gasteiger partial charge is 0.399 e. The van der Waals surface area contributed by atoms with Gasteiger partial charge in [0.2, 0.25) is 5.91 Å². The molecule has 1 amide bonds. The number of hydrogen-bond donors (Lipinski definition) is 2. The molecule has 0 unspecified atom stereocenters. The van der Waals surface area contributed by atoms with Gasteiger partial charge in [-0.1, -0.05) is 52.0 Å². The Balaban J connectivity index is 1.70. The van der Waals surface area contributed by atoms with E-state index in [1.165, 1.54) is 37.7 Å². The van der Waals surface area contributed by atoms with E-state index in [1.54, 1.807) is 0 Å². The van der Waals surface area contributed by atoms with Gasteiger partial charge in [0.1, 0.15) is 0 Å². The standard InChI is InChI=1S/C24H32N4O/c1-15(2)12-22(29)28-24-21(13-16-6-4-3-5-7-16)26-23-19-10-9-18(25)14-17(19)8-11-20(23)27-24/h9-10,14-16H,3-8,11-13,25H2,1-2H3,(H,27,28,29). The molecule has 29 heavy (non-hydrogen) atoms. The van der Waals surface area contributed by atoms with Crippen molar-refractivity contribution in [2.75, 3.05) is 11.1 Å². The number of carbonyl (C=O) groups is 1. The normalized spacial score (nSPS) is 16.4. The lowest BCUT2D eigenvalue weighted by Crippen LogP contribution is -2.21. The summed E-state index contributed by atoms with van der Waals surface area (Å²) in [5.74, 6) is 1.66. The van der Waals surface area contributed by atoms with Crippen molar-refractivity contribution in [1.82, 2.24) is 9.97 Å². The number of aromatic nitrogens is 2. The molecule has 1 heterocycles. The first kappa shape index (κ1) is 19.9. The van der Waals surface area contributed by atoms with Crippen LogP contribution in [0.5, 0.6) is 0 Å². The molecule has 0 spiro atoms. The molecule has 3 N–H and O–H groups in total. The van der Waals surface area contributed by atoms with Crippen molar-refractivity contribution in [2.24, 2.45) is 11.8 Å². The van der Waals surface area contributed by atoms with Crippen molar-refractivity contribution in [1.29, 1.82) is 0 Å². The molecule has 2 aliphatic rings. The van der Waals surface area contributed by atoms with Gasteiger partial charge in [0.15, 0.2) is 5.82 Å². The predicted octanol–water partition coefficient (Wildman–Crippen LogP) is 4.93. The second-order valence-corrected chi connectivity index (χ2v) is 9.09. The molecular weight excluding hydrogens is 360 g/mol. The SMILES string of the molecule is CC(C)CC(=O)Nc1nc2c(nc1CC1CCCCC1)-c1ccc(N)cc1CC2. The van der Waals surface area contributed by atoms with E-state index in [-0.39, 0.29) is 5.91 Å². The van der Waals surface area contributed by atoms with Gasteiger partial charge in [-0.25, -0.2) is 9.97 Å². The van der Waals surface area contributed by atoms with Gasteiger partial charge >= 0.3 is 0 Å². The molecule has 0 radical (unpaired) electrons. The Hall–Kier alpha value is -2.43. The monoisotopic (exact) mass is 392 g/mol. The topological polar surface area (TPSA) is 80.9 Å². The third-order valence-electron chi connectivity index (χ3n) is 6.11. The second kappa shape index (κ2) is 8.52. The first-order valence-corrected chi connectivity index (χ1v) is 11.1. The number of nitrogens with two attached hydrogens (primary N) is 1. The van der Waals surface area contributed by atoms with Crippen molar-refractivity contribution in [3.8, 4) is 11.3 Å². The third-order valence-corrected chi connectivity index (χ3v) is 6.11. The van der Waals surface area contributed by atoms with E-state index in [1.807, 2.05) is 6.07 Å². The van der Waals surface area contributed by atoms with E-state index in [0.29, 0.717) is 24.1 Å². The quantitative estimate of drug-likeness (QED) is 0.707. The van der Waals surface area contributed by atoms with Crippen molar-refractivity contribution < 1.29 is 4.79 Å². The van der Waals surface area contributed by atoms with Crippen LogP contribution in [0.2, 0.25) is 0 Å². The summed E-state index contributed by atoms with van der Waals surface area (Å²) in [7, 11) is 0. The van der Waals surface area contributed by atoms with E-state index in [2.05, 4.69) is 31.3 Å². The van der Waals surface area contributed by atoms with Crippen LogP contribution >= 0.6 is 0 Å². The van der Waals surface area contributed by atoms with Gasteiger partial charge in [0.25, 0.3) is 0 Å². The first-order chi connectivity index (χ1) is 14.0. The zero-order valence-electron chi connectivity index (χ0n) is 17.6. The van der Waals surface area contributed by atoms with Crippen LogP contribution in [-0.4, -0.2) is 15.9 Å². The molecular formula is C24H32N4O. The van der Waals surface area contributed by atoms with Crippen LogP contribution in [0.1, 0.15) is 69.3 Å². The maximum absolute atomic E-state index is 12.5. The predicted molar refractivity (Wildman–Crippen MR) is 118 cm³/mol. The van der Waals surface area contributed by atoms with E-state index >= 15 is 0 Å². The molecule has 2 aliphatic carbocycles. The Bertz CT molecular complexity index is 900. The number of benzene rings is 1. The Kier molecular flexibility index (Phi) is 5.84. The zero-order chi connectivity index (χ0) is 20.4. The Morgan fingerprint density at radius 2 is 1.97 bits per heavy atom. The number of hydrogen-bond acceptors (Lipinski definition) is 4. The number of anilines is 2. The minimum Gasteiger partial charge on any atom is -0.399 e. The summed E-state index contributed by atoms with van der Waals surface area (Å²) >= 11 is 0. The molecule has 1 aromatic heterocycles. The number of nitrogens with one attached hydrogen (secondary N) is 1. The van der Waals surface area contributed by atoms with Crippen molar-refractivity contribution >= 4 is 17.4 Å². The van der Waals surface area contributed by atoms with Gasteiger partial charge in [-0.05, 0) is 48.8 Å². The van der Waals surface area contributed by atoms with E-state index in [9.17, 15) is 4.79 Å². The summed E-state index contributed by atoms with van der Waals surface area (Å²) in [5, 5.41) is 3.08. The van der Waals surface area contributed by atoms with Gasteiger partial charge in [-0.15, -0.1) is 0 Å². The van der Waals surface area contributed by atoms with Gasteiger partial charge in [0.05, 0.1) is 17.1 Å². The Morgan fingerprint density at radius 1 is 1.17 bits per heavy atom. The van der Waals surface area contributed by atoms with Gasteiger partial charge in [-0.3, -0.25) is 4.79 Å². The van der Waals surface area contributed by atoms with Crippen LogP contribution in [-0.2, 0) is 24.1 Å². The smallest absolute Gasteiger partial charge is 0.225 e. The highest BCUT2D eigenvalue weighted by Gasteiger charge is 2.24.